The molecule has 32 heavy (non-hydrogen) atoms. The molecule has 4 aromatic rings. The highest BCUT2D eigenvalue weighted by atomic mass is 32.2. The lowest BCUT2D eigenvalue weighted by molar-refractivity contribution is 0.340. The average molecular weight is 470 g/mol. The molecule has 0 spiro atoms. The maximum Gasteiger partial charge on any atom is 0.263 e. The Labute approximate surface area is 190 Å². The first-order valence-electron chi connectivity index (χ1n) is 10.1. The van der Waals surface area contributed by atoms with Crippen LogP contribution < -0.4 is 14.8 Å². The highest BCUT2D eigenvalue weighted by molar-refractivity contribution is 7.93. The van der Waals surface area contributed by atoms with Crippen molar-refractivity contribution >= 4 is 48.8 Å². The molecule has 0 unspecified atom stereocenters. The quantitative estimate of drug-likeness (QED) is 0.378. The summed E-state index contributed by atoms with van der Waals surface area (Å²) in [4.78, 5) is 4.72. The van der Waals surface area contributed by atoms with Gasteiger partial charge in [0.2, 0.25) is 5.13 Å². The molecule has 0 amide bonds. The van der Waals surface area contributed by atoms with Crippen LogP contribution >= 0.6 is 11.3 Å². The molecule has 0 fully saturated rings. The number of anilines is 3. The minimum absolute atomic E-state index is 0.144. The van der Waals surface area contributed by atoms with Gasteiger partial charge in [0.25, 0.3) is 10.0 Å². The number of benzene rings is 2. The van der Waals surface area contributed by atoms with Gasteiger partial charge in [-0.15, -0.1) is 10.2 Å². The van der Waals surface area contributed by atoms with Crippen LogP contribution in [-0.2, 0) is 16.4 Å². The summed E-state index contributed by atoms with van der Waals surface area (Å²) in [7, 11) is -3.75. The lowest BCUT2D eigenvalue weighted by Gasteiger charge is -2.13. The Bertz CT molecular complexity index is 1350. The molecule has 4 rings (SSSR count). The number of nitrogens with zero attached hydrogens (tertiary/aromatic N) is 3. The number of hydrogen-bond acceptors (Lipinski definition) is 8. The third-order valence-electron chi connectivity index (χ3n) is 4.65. The summed E-state index contributed by atoms with van der Waals surface area (Å²) in [6.07, 6.45) is 0.703. The summed E-state index contributed by atoms with van der Waals surface area (Å²) in [5.41, 5.74) is 3.34. The number of aromatic nitrogens is 3. The molecular weight excluding hydrogens is 446 g/mol. The average Bonchev–Trinajstić information content (AvgIpc) is 3.21. The third-order valence-corrected chi connectivity index (χ3v) is 7.12. The molecule has 0 saturated carbocycles. The van der Waals surface area contributed by atoms with E-state index < -0.39 is 10.0 Å². The Morgan fingerprint density at radius 2 is 1.81 bits per heavy atom. The number of rotatable bonds is 8. The number of nitrogens with one attached hydrogen (secondary N) is 2. The van der Waals surface area contributed by atoms with Gasteiger partial charge in [0.05, 0.1) is 17.0 Å². The molecule has 0 aliphatic rings. The molecule has 166 valence electrons. The van der Waals surface area contributed by atoms with Gasteiger partial charge in [-0.2, -0.15) is 0 Å². The predicted octanol–water partition coefficient (Wildman–Crippen LogP) is 4.90. The first-order valence-corrected chi connectivity index (χ1v) is 12.4. The number of hydrogen-bond donors (Lipinski definition) is 2. The molecule has 0 radical (unpaired) electrons. The zero-order valence-corrected chi connectivity index (χ0v) is 19.5. The Hall–Kier alpha value is -3.24. The molecule has 8 nitrogen and oxygen atoms in total. The van der Waals surface area contributed by atoms with Crippen molar-refractivity contribution in [3.05, 3.63) is 59.2 Å². The van der Waals surface area contributed by atoms with Crippen molar-refractivity contribution in [2.75, 3.05) is 16.6 Å². The second-order valence-corrected chi connectivity index (χ2v) is 9.78. The van der Waals surface area contributed by atoms with E-state index in [1.165, 1.54) is 11.3 Å². The SMILES string of the molecule is CCOc1ccc2nc(C)cc(Nc3ccc(S(=O)(=O)Nc4nnc(CC)s4)cc3)c2c1. The fourth-order valence-electron chi connectivity index (χ4n) is 3.18. The van der Waals surface area contributed by atoms with E-state index >= 15 is 0 Å². The minimum Gasteiger partial charge on any atom is -0.494 e. The van der Waals surface area contributed by atoms with E-state index in [0.717, 1.165) is 38.7 Å². The van der Waals surface area contributed by atoms with Crippen molar-refractivity contribution in [2.45, 2.75) is 32.1 Å². The highest BCUT2D eigenvalue weighted by Gasteiger charge is 2.17. The van der Waals surface area contributed by atoms with Gasteiger partial charge < -0.3 is 10.1 Å². The molecule has 0 saturated heterocycles. The summed E-state index contributed by atoms with van der Waals surface area (Å²) in [5, 5.41) is 13.1. The van der Waals surface area contributed by atoms with Gasteiger partial charge >= 0.3 is 0 Å². The second kappa shape index (κ2) is 9.09. The topological polar surface area (TPSA) is 106 Å². The first kappa shape index (κ1) is 22.0. The molecule has 10 heteroatoms. The number of aryl methyl sites for hydroxylation is 2. The van der Waals surface area contributed by atoms with Crippen LogP contribution in [0, 0.1) is 6.92 Å². The van der Waals surface area contributed by atoms with E-state index in [2.05, 4.69) is 25.2 Å². The van der Waals surface area contributed by atoms with Crippen molar-refractivity contribution < 1.29 is 13.2 Å². The zero-order chi connectivity index (χ0) is 22.7. The van der Waals surface area contributed by atoms with Crippen LogP contribution in [0.4, 0.5) is 16.5 Å². The largest absolute Gasteiger partial charge is 0.494 e. The van der Waals surface area contributed by atoms with Crippen LogP contribution in [0.15, 0.2) is 53.4 Å². The van der Waals surface area contributed by atoms with Crippen LogP contribution in [0.5, 0.6) is 5.75 Å². The van der Waals surface area contributed by atoms with Crippen LogP contribution in [0.1, 0.15) is 24.5 Å². The smallest absolute Gasteiger partial charge is 0.263 e. The maximum atomic E-state index is 12.7. The van der Waals surface area contributed by atoms with E-state index in [4.69, 9.17) is 4.74 Å². The van der Waals surface area contributed by atoms with E-state index in [1.54, 1.807) is 24.3 Å². The summed E-state index contributed by atoms with van der Waals surface area (Å²) in [5.74, 6) is 0.768. The lowest BCUT2D eigenvalue weighted by atomic mass is 10.1. The summed E-state index contributed by atoms with van der Waals surface area (Å²) in [6.45, 7) is 6.39. The molecule has 2 aromatic carbocycles. The van der Waals surface area contributed by atoms with Gasteiger partial charge in [-0.1, -0.05) is 18.3 Å². The Morgan fingerprint density at radius 3 is 2.50 bits per heavy atom. The first-order chi connectivity index (χ1) is 15.4. The van der Waals surface area contributed by atoms with Crippen LogP contribution in [0.2, 0.25) is 0 Å². The number of sulfonamides is 1. The fraction of sp³-hybridized carbons (Fsp3) is 0.227. The second-order valence-electron chi connectivity index (χ2n) is 7.03. The van der Waals surface area contributed by atoms with Crippen molar-refractivity contribution in [1.82, 2.24) is 15.2 Å². The fourth-order valence-corrected chi connectivity index (χ4v) is 5.09. The van der Waals surface area contributed by atoms with Gasteiger partial charge in [-0.25, -0.2) is 8.42 Å². The van der Waals surface area contributed by atoms with Gasteiger partial charge in [0.1, 0.15) is 10.8 Å². The minimum atomic E-state index is -3.75. The zero-order valence-electron chi connectivity index (χ0n) is 17.9. The summed E-state index contributed by atoms with van der Waals surface area (Å²) < 4.78 is 33.4. The standard InChI is InChI=1S/C22H23N5O3S2/c1-4-21-25-26-22(31-21)27-32(28,29)17-9-6-15(7-10-17)24-20-12-14(3)23-19-11-8-16(30-5-2)13-18(19)20/h6-13H,4-5H2,1-3H3,(H,23,24)(H,26,27). The van der Waals surface area contributed by atoms with E-state index in [-0.39, 0.29) is 10.0 Å². The molecule has 0 atom stereocenters. The maximum absolute atomic E-state index is 12.7. The molecule has 0 aliphatic heterocycles. The summed E-state index contributed by atoms with van der Waals surface area (Å²) in [6, 6.07) is 14.3. The van der Waals surface area contributed by atoms with E-state index in [1.807, 2.05) is 45.0 Å². The van der Waals surface area contributed by atoms with E-state index in [0.29, 0.717) is 13.0 Å². The predicted molar refractivity (Wildman–Crippen MR) is 127 cm³/mol. The molecule has 2 aromatic heterocycles. The van der Waals surface area contributed by atoms with Gasteiger partial charge in [-0.05, 0) is 68.8 Å². The molecule has 0 bridgehead atoms. The van der Waals surface area contributed by atoms with Crippen LogP contribution in [0.3, 0.4) is 0 Å². The third kappa shape index (κ3) is 4.81. The van der Waals surface area contributed by atoms with Crippen LogP contribution in [0.25, 0.3) is 10.9 Å². The number of ether oxygens (including phenoxy) is 1. The molecule has 2 heterocycles. The number of pyridine rings is 1. The monoisotopic (exact) mass is 469 g/mol. The Kier molecular flexibility index (Phi) is 6.24. The van der Waals surface area contributed by atoms with Crippen molar-refractivity contribution in [3.63, 3.8) is 0 Å². The normalized spacial score (nSPS) is 11.5. The van der Waals surface area contributed by atoms with Crippen LogP contribution in [-0.4, -0.2) is 30.2 Å². The molecule has 0 aliphatic carbocycles. The van der Waals surface area contributed by atoms with Gasteiger partial charge in [0.15, 0.2) is 0 Å². The lowest BCUT2D eigenvalue weighted by Crippen LogP contribution is -2.12. The van der Waals surface area contributed by atoms with Gasteiger partial charge in [0, 0.05) is 22.5 Å². The number of fused-ring (bicyclic) bond motifs is 1. The highest BCUT2D eigenvalue weighted by Crippen LogP contribution is 2.30. The van der Waals surface area contributed by atoms with E-state index in [9.17, 15) is 8.42 Å². The van der Waals surface area contributed by atoms with Crippen molar-refractivity contribution in [1.29, 1.82) is 0 Å². The van der Waals surface area contributed by atoms with Crippen molar-refractivity contribution in [2.24, 2.45) is 0 Å². The Morgan fingerprint density at radius 1 is 1.03 bits per heavy atom. The Balaban J connectivity index is 1.58. The van der Waals surface area contributed by atoms with Crippen molar-refractivity contribution in [3.8, 4) is 5.75 Å². The molecule has 2 N–H and O–H groups in total. The summed E-state index contributed by atoms with van der Waals surface area (Å²) >= 11 is 1.23. The van der Waals surface area contributed by atoms with Gasteiger partial charge in [-0.3, -0.25) is 9.71 Å². The molecular formula is C22H23N5O3S2.